The summed E-state index contributed by atoms with van der Waals surface area (Å²) in [6, 6.07) is 11.2. The predicted molar refractivity (Wildman–Crippen MR) is 90.5 cm³/mol. The van der Waals surface area contributed by atoms with Gasteiger partial charge in [0.05, 0.1) is 21.7 Å². The van der Waals surface area contributed by atoms with Crippen molar-refractivity contribution in [3.8, 4) is 0 Å². The Labute approximate surface area is 145 Å². The third-order valence-electron chi connectivity index (χ3n) is 3.00. The Hall–Kier alpha value is -2.87. The van der Waals surface area contributed by atoms with E-state index in [-0.39, 0.29) is 10.7 Å². The second kappa shape index (κ2) is 7.80. The van der Waals surface area contributed by atoms with E-state index in [4.69, 9.17) is 11.6 Å². The second-order valence-corrected chi connectivity index (χ2v) is 5.23. The van der Waals surface area contributed by atoms with Gasteiger partial charge < -0.3 is 0 Å². The lowest BCUT2D eigenvalue weighted by Gasteiger charge is -2.08. The first-order valence-corrected chi connectivity index (χ1v) is 7.22. The first-order chi connectivity index (χ1) is 11.8. The number of hydrazone groups is 1. The Morgan fingerprint density at radius 3 is 2.48 bits per heavy atom. The van der Waals surface area contributed by atoms with Gasteiger partial charge in [0.2, 0.25) is 0 Å². The van der Waals surface area contributed by atoms with Crippen molar-refractivity contribution < 1.29 is 18.1 Å². The third kappa shape index (κ3) is 5.32. The Morgan fingerprint density at radius 1 is 1.20 bits per heavy atom. The van der Waals surface area contributed by atoms with Crippen LogP contribution in [0.3, 0.4) is 0 Å². The quantitative estimate of drug-likeness (QED) is 0.442. The Bertz CT molecular complexity index is 821. The smallest absolute Gasteiger partial charge is 0.272 e. The average molecular weight is 370 g/mol. The number of nitro groups is 1. The number of anilines is 1. The van der Waals surface area contributed by atoms with E-state index in [1.54, 1.807) is 6.08 Å². The van der Waals surface area contributed by atoms with Crippen molar-refractivity contribution in [1.82, 2.24) is 0 Å². The molecule has 5 nitrogen and oxygen atoms in total. The van der Waals surface area contributed by atoms with Crippen molar-refractivity contribution in [2.24, 2.45) is 5.10 Å². The minimum atomic E-state index is -4.67. The molecular formula is C16H11ClF3N3O2. The molecule has 2 aromatic rings. The summed E-state index contributed by atoms with van der Waals surface area (Å²) >= 11 is 5.96. The van der Waals surface area contributed by atoms with E-state index in [1.165, 1.54) is 6.21 Å². The molecule has 0 bridgehead atoms. The van der Waals surface area contributed by atoms with E-state index in [1.807, 2.05) is 30.3 Å². The minimum Gasteiger partial charge on any atom is -0.272 e. The van der Waals surface area contributed by atoms with Crippen molar-refractivity contribution in [2.45, 2.75) is 6.18 Å². The monoisotopic (exact) mass is 369 g/mol. The molecule has 0 aliphatic heterocycles. The number of benzene rings is 2. The van der Waals surface area contributed by atoms with Crippen LogP contribution in [0, 0.1) is 10.1 Å². The normalized spacial score (nSPS) is 12.4. The van der Waals surface area contributed by atoms with Gasteiger partial charge in [-0.25, -0.2) is 0 Å². The SMILES string of the molecule is O=[N+]([O-])c1cc(C(F)(F)F)ccc1NN=CC(Cl)=Cc1ccccc1. The first-order valence-electron chi connectivity index (χ1n) is 6.84. The van der Waals surface area contributed by atoms with Crippen LogP contribution in [-0.2, 0) is 6.18 Å². The van der Waals surface area contributed by atoms with Crippen molar-refractivity contribution in [2.75, 3.05) is 5.43 Å². The Morgan fingerprint density at radius 2 is 1.88 bits per heavy atom. The number of alkyl halides is 3. The van der Waals surface area contributed by atoms with Gasteiger partial charge >= 0.3 is 6.18 Å². The van der Waals surface area contributed by atoms with Crippen LogP contribution in [0.5, 0.6) is 0 Å². The van der Waals surface area contributed by atoms with Crippen molar-refractivity contribution in [3.05, 3.63) is 74.8 Å². The van der Waals surface area contributed by atoms with Crippen LogP contribution in [0.4, 0.5) is 24.5 Å². The average Bonchev–Trinajstić information content (AvgIpc) is 2.54. The van der Waals surface area contributed by atoms with Gasteiger partial charge in [0.1, 0.15) is 5.69 Å². The standard InChI is InChI=1S/C16H11ClF3N3O2/c17-13(8-11-4-2-1-3-5-11)10-21-22-14-7-6-12(16(18,19)20)9-15(14)23(24)25/h1-10,22H. The van der Waals surface area contributed by atoms with E-state index < -0.39 is 22.4 Å². The molecule has 0 unspecified atom stereocenters. The zero-order chi connectivity index (χ0) is 18.4. The summed E-state index contributed by atoms with van der Waals surface area (Å²) in [7, 11) is 0. The van der Waals surface area contributed by atoms with Gasteiger partial charge in [-0.3, -0.25) is 15.5 Å². The number of hydrogen-bond donors (Lipinski definition) is 1. The highest BCUT2D eigenvalue weighted by Gasteiger charge is 2.33. The lowest BCUT2D eigenvalue weighted by atomic mass is 10.1. The zero-order valence-electron chi connectivity index (χ0n) is 12.5. The van der Waals surface area contributed by atoms with E-state index >= 15 is 0 Å². The molecule has 1 N–H and O–H groups in total. The molecule has 2 aromatic carbocycles. The summed E-state index contributed by atoms with van der Waals surface area (Å²) in [4.78, 5) is 10.0. The summed E-state index contributed by atoms with van der Waals surface area (Å²) in [5.74, 6) is 0. The molecular weight excluding hydrogens is 359 g/mol. The molecule has 0 fully saturated rings. The van der Waals surface area contributed by atoms with E-state index in [0.717, 1.165) is 17.7 Å². The number of nitro benzene ring substituents is 1. The summed E-state index contributed by atoms with van der Waals surface area (Å²) in [6.07, 6.45) is -1.88. The fourth-order valence-electron chi connectivity index (χ4n) is 1.86. The topological polar surface area (TPSA) is 67.5 Å². The van der Waals surface area contributed by atoms with Crippen LogP contribution in [0.15, 0.2) is 58.7 Å². The number of hydrogen-bond acceptors (Lipinski definition) is 4. The molecule has 0 atom stereocenters. The lowest BCUT2D eigenvalue weighted by Crippen LogP contribution is -2.06. The minimum absolute atomic E-state index is 0.182. The molecule has 130 valence electrons. The molecule has 2 rings (SSSR count). The summed E-state index contributed by atoms with van der Waals surface area (Å²) in [6.45, 7) is 0. The molecule has 0 aliphatic rings. The van der Waals surface area contributed by atoms with Crippen LogP contribution >= 0.6 is 11.6 Å². The number of rotatable bonds is 5. The number of halogens is 4. The first kappa shape index (κ1) is 18.5. The summed E-state index contributed by atoms with van der Waals surface area (Å²) < 4.78 is 37.9. The summed E-state index contributed by atoms with van der Waals surface area (Å²) in [5, 5.41) is 14.9. The molecule has 9 heteroatoms. The molecule has 0 spiro atoms. The molecule has 0 aliphatic carbocycles. The number of allylic oxidation sites excluding steroid dienone is 1. The summed E-state index contributed by atoms with van der Waals surface area (Å²) in [5.41, 5.74) is 1.11. The highest BCUT2D eigenvalue weighted by atomic mass is 35.5. The van der Waals surface area contributed by atoms with Gasteiger partial charge in [-0.15, -0.1) is 0 Å². The fraction of sp³-hybridized carbons (Fsp3) is 0.0625. The van der Waals surface area contributed by atoms with Crippen LogP contribution in [0.25, 0.3) is 6.08 Å². The van der Waals surface area contributed by atoms with Gasteiger partial charge in [-0.1, -0.05) is 41.9 Å². The van der Waals surface area contributed by atoms with Crippen LogP contribution in [0.2, 0.25) is 0 Å². The molecule has 0 heterocycles. The van der Waals surface area contributed by atoms with Crippen molar-refractivity contribution in [3.63, 3.8) is 0 Å². The van der Waals surface area contributed by atoms with Gasteiger partial charge in [0.15, 0.2) is 0 Å². The Kier molecular flexibility index (Phi) is 5.76. The molecule has 0 saturated carbocycles. The van der Waals surface area contributed by atoms with Crippen molar-refractivity contribution >= 4 is 35.3 Å². The Balaban J connectivity index is 2.17. The maximum Gasteiger partial charge on any atom is 0.416 e. The maximum atomic E-state index is 12.6. The maximum absolute atomic E-state index is 12.6. The van der Waals surface area contributed by atoms with Crippen LogP contribution in [0.1, 0.15) is 11.1 Å². The molecule has 0 saturated heterocycles. The lowest BCUT2D eigenvalue weighted by molar-refractivity contribution is -0.384. The van der Waals surface area contributed by atoms with Crippen LogP contribution in [-0.4, -0.2) is 11.1 Å². The third-order valence-corrected chi connectivity index (χ3v) is 3.21. The zero-order valence-corrected chi connectivity index (χ0v) is 13.3. The molecule has 25 heavy (non-hydrogen) atoms. The van der Waals surface area contributed by atoms with Crippen LogP contribution < -0.4 is 5.43 Å². The van der Waals surface area contributed by atoms with E-state index in [2.05, 4.69) is 10.5 Å². The highest BCUT2D eigenvalue weighted by molar-refractivity contribution is 6.41. The predicted octanol–water partition coefficient (Wildman–Crippen LogP) is 5.29. The van der Waals surface area contributed by atoms with Gasteiger partial charge in [0, 0.05) is 6.07 Å². The van der Waals surface area contributed by atoms with Gasteiger partial charge in [0.25, 0.3) is 5.69 Å². The van der Waals surface area contributed by atoms with E-state index in [0.29, 0.717) is 6.07 Å². The van der Waals surface area contributed by atoms with E-state index in [9.17, 15) is 23.3 Å². The fourth-order valence-corrected chi connectivity index (χ4v) is 2.04. The highest BCUT2D eigenvalue weighted by Crippen LogP contribution is 2.34. The van der Waals surface area contributed by atoms with Gasteiger partial charge in [-0.2, -0.15) is 18.3 Å². The number of nitrogens with zero attached hydrogens (tertiary/aromatic N) is 2. The number of nitrogens with one attached hydrogen (secondary N) is 1. The second-order valence-electron chi connectivity index (χ2n) is 4.80. The molecule has 0 aromatic heterocycles. The largest absolute Gasteiger partial charge is 0.416 e. The molecule has 0 radical (unpaired) electrons. The van der Waals surface area contributed by atoms with Gasteiger partial charge in [-0.05, 0) is 23.8 Å². The van der Waals surface area contributed by atoms with Crippen molar-refractivity contribution in [1.29, 1.82) is 0 Å². The molecule has 0 amide bonds.